The molecule has 0 aromatic heterocycles. The summed E-state index contributed by atoms with van der Waals surface area (Å²) in [5.74, 6) is -1.47. The third kappa shape index (κ3) is 5.58. The summed E-state index contributed by atoms with van der Waals surface area (Å²) in [7, 11) is 0. The van der Waals surface area contributed by atoms with Gasteiger partial charge >= 0.3 is 96.1 Å². The van der Waals surface area contributed by atoms with Crippen LogP contribution in [0.5, 0.6) is 0 Å². The molecule has 2 aromatic rings. The van der Waals surface area contributed by atoms with Crippen LogP contribution in [0.25, 0.3) is 0 Å². The maximum absolute atomic E-state index is 4.06. The average molecular weight is 558 g/mol. The van der Waals surface area contributed by atoms with Crippen LogP contribution in [0.3, 0.4) is 0 Å². The fraction of sp³-hybridized carbons (Fsp3) is 0.333. The molecule has 122 valence electrons. The number of benzene rings is 2. The van der Waals surface area contributed by atoms with Gasteiger partial charge in [-0.25, -0.2) is 0 Å². The van der Waals surface area contributed by atoms with E-state index in [2.05, 4.69) is 118 Å². The molecule has 0 N–H and O–H groups in total. The molecule has 0 fully saturated rings. The van der Waals surface area contributed by atoms with Crippen LogP contribution in [0.1, 0.15) is 27.7 Å². The van der Waals surface area contributed by atoms with E-state index < -0.39 is 5.96 Å². The first-order valence-corrected chi connectivity index (χ1v) is 13.7. The van der Waals surface area contributed by atoms with Crippen LogP contribution in [0.4, 0.5) is 0 Å². The Morgan fingerprint density at radius 1 is 0.818 bits per heavy atom. The predicted molar refractivity (Wildman–Crippen MR) is 120 cm³/mol. The molecule has 2 rings (SSSR count). The van der Waals surface area contributed by atoms with Gasteiger partial charge in [-0.1, -0.05) is 12.1 Å². The summed E-state index contributed by atoms with van der Waals surface area (Å²) in [5, 5.41) is 1.52. The van der Waals surface area contributed by atoms with Crippen molar-refractivity contribution in [1.82, 2.24) is 0 Å². The zero-order valence-corrected chi connectivity index (χ0v) is 19.8. The number of halogens is 3. The number of hydrogen-bond donors (Lipinski definition) is 0. The normalized spacial score (nSPS) is 12.0. The molecule has 0 nitrogen and oxygen atoms in total. The van der Waals surface area contributed by atoms with E-state index in [1.807, 2.05) is 18.2 Å². The van der Waals surface area contributed by atoms with Crippen LogP contribution in [0, 0.1) is 3.57 Å². The molecule has 0 aliphatic heterocycles. The summed E-state index contributed by atoms with van der Waals surface area (Å²) in [4.78, 5) is 0. The third-order valence-corrected chi connectivity index (χ3v) is 17.5. The van der Waals surface area contributed by atoms with Gasteiger partial charge in [-0.05, 0) is 50.7 Å². The van der Waals surface area contributed by atoms with Crippen LogP contribution < -0.4 is 5.30 Å². The first kappa shape index (κ1) is 20.6. The van der Waals surface area contributed by atoms with E-state index in [1.165, 1.54) is 13.3 Å². The van der Waals surface area contributed by atoms with Crippen molar-refractivity contribution in [3.05, 3.63) is 62.6 Å². The minimum absolute atomic E-state index is 0.727. The van der Waals surface area contributed by atoms with Crippen molar-refractivity contribution in [3.8, 4) is 0 Å². The standard InChI is InChI=1S/C12H20BrP.C6H4BrI/c1-10(2)14(13,11(3)4)12-8-6-5-7-9-12;7-5-3-1-2-4-6(5)8/h5-11,14H,1-4H3;1-4H. The summed E-state index contributed by atoms with van der Waals surface area (Å²) in [6.07, 6.45) is 0. The summed E-state index contributed by atoms with van der Waals surface area (Å²) < 4.78 is 2.42. The molecule has 0 unspecified atom stereocenters. The van der Waals surface area contributed by atoms with Crippen molar-refractivity contribution in [2.75, 3.05) is 0 Å². The van der Waals surface area contributed by atoms with E-state index in [-0.39, 0.29) is 0 Å². The SMILES string of the molecule is Brc1ccccc1I.CC(C)[PH](Br)(c1ccccc1)C(C)C. The van der Waals surface area contributed by atoms with Crippen molar-refractivity contribution >= 4 is 65.3 Å². The minimum atomic E-state index is -1.47. The van der Waals surface area contributed by atoms with E-state index in [0.717, 1.165) is 11.3 Å². The Morgan fingerprint density at radius 2 is 1.27 bits per heavy atom. The Balaban J connectivity index is 0.000000255. The first-order valence-electron chi connectivity index (χ1n) is 7.44. The summed E-state index contributed by atoms with van der Waals surface area (Å²) in [6, 6.07) is 19.0. The second kappa shape index (κ2) is 9.76. The third-order valence-electron chi connectivity index (χ3n) is 3.72. The van der Waals surface area contributed by atoms with Crippen LogP contribution in [-0.2, 0) is 0 Å². The molecule has 0 atom stereocenters. The van der Waals surface area contributed by atoms with Gasteiger partial charge in [0.2, 0.25) is 0 Å². The summed E-state index contributed by atoms with van der Waals surface area (Å²) in [5.41, 5.74) is 1.45. The summed E-state index contributed by atoms with van der Waals surface area (Å²) >= 11 is 9.73. The van der Waals surface area contributed by atoms with Gasteiger partial charge in [-0.15, -0.1) is 0 Å². The molecular weight excluding hydrogens is 534 g/mol. The number of hydrogen-bond acceptors (Lipinski definition) is 0. The van der Waals surface area contributed by atoms with Gasteiger partial charge < -0.3 is 0 Å². The zero-order valence-electron chi connectivity index (χ0n) is 13.5. The van der Waals surface area contributed by atoms with Gasteiger partial charge in [-0.2, -0.15) is 0 Å². The van der Waals surface area contributed by atoms with Crippen molar-refractivity contribution in [2.24, 2.45) is 0 Å². The second-order valence-corrected chi connectivity index (χ2v) is 16.2. The quantitative estimate of drug-likeness (QED) is 0.276. The maximum atomic E-state index is 4.06. The monoisotopic (exact) mass is 556 g/mol. The Labute approximate surface area is 165 Å². The fourth-order valence-electron chi connectivity index (χ4n) is 2.47. The van der Waals surface area contributed by atoms with E-state index >= 15 is 0 Å². The van der Waals surface area contributed by atoms with E-state index in [9.17, 15) is 0 Å². The molecule has 0 aliphatic rings. The molecule has 0 bridgehead atoms. The molecule has 0 heterocycles. The van der Waals surface area contributed by atoms with Gasteiger partial charge in [0.1, 0.15) is 0 Å². The molecule has 2 aromatic carbocycles. The Bertz CT molecular complexity index is 541. The molecule has 0 aliphatic carbocycles. The first-order chi connectivity index (χ1) is 10.3. The van der Waals surface area contributed by atoms with Gasteiger partial charge in [-0.3, -0.25) is 0 Å². The summed E-state index contributed by atoms with van der Waals surface area (Å²) in [6.45, 7) is 9.31. The molecule has 0 radical (unpaired) electrons. The Hall–Kier alpha value is 0.560. The topological polar surface area (TPSA) is 0 Å². The van der Waals surface area contributed by atoms with Crippen molar-refractivity contribution in [2.45, 2.75) is 39.0 Å². The van der Waals surface area contributed by atoms with Gasteiger partial charge in [0, 0.05) is 8.04 Å². The van der Waals surface area contributed by atoms with Gasteiger partial charge in [0.05, 0.1) is 0 Å². The van der Waals surface area contributed by atoms with E-state index in [0.29, 0.717) is 0 Å². The van der Waals surface area contributed by atoms with Crippen LogP contribution in [0.15, 0.2) is 59.1 Å². The molecule has 22 heavy (non-hydrogen) atoms. The fourth-order valence-corrected chi connectivity index (χ4v) is 7.30. The molecule has 0 amide bonds. The number of rotatable bonds is 3. The van der Waals surface area contributed by atoms with Crippen molar-refractivity contribution < 1.29 is 0 Å². The van der Waals surface area contributed by atoms with E-state index in [4.69, 9.17) is 0 Å². The van der Waals surface area contributed by atoms with Crippen LogP contribution >= 0.6 is 60.0 Å². The zero-order chi connectivity index (χ0) is 16.8. The molecule has 0 saturated carbocycles. The average Bonchev–Trinajstić information content (AvgIpc) is 2.50. The predicted octanol–water partition coefficient (Wildman–Crippen LogP) is 7.24. The van der Waals surface area contributed by atoms with E-state index in [1.54, 1.807) is 0 Å². The Kier molecular flexibility index (Phi) is 9.14. The van der Waals surface area contributed by atoms with Crippen LogP contribution in [0.2, 0.25) is 0 Å². The molecule has 0 spiro atoms. The second-order valence-electron chi connectivity index (χ2n) is 5.86. The van der Waals surface area contributed by atoms with Crippen LogP contribution in [-0.4, -0.2) is 11.3 Å². The van der Waals surface area contributed by atoms with Gasteiger partial charge in [0.15, 0.2) is 0 Å². The van der Waals surface area contributed by atoms with Crippen molar-refractivity contribution in [3.63, 3.8) is 0 Å². The molecular formula is C18H24Br2IP. The Morgan fingerprint density at radius 3 is 1.64 bits per heavy atom. The molecule has 0 saturated heterocycles. The van der Waals surface area contributed by atoms with Crippen molar-refractivity contribution in [1.29, 1.82) is 0 Å². The molecule has 4 heteroatoms. The van der Waals surface area contributed by atoms with Gasteiger partial charge in [0.25, 0.3) is 0 Å².